The van der Waals surface area contributed by atoms with E-state index in [9.17, 15) is 45.6 Å². The molecule has 0 bridgehead atoms. The first-order valence-electron chi connectivity index (χ1n) is 7.18. The molecule has 0 amide bonds. The summed E-state index contributed by atoms with van der Waals surface area (Å²) < 4.78 is 0. The van der Waals surface area contributed by atoms with Crippen molar-refractivity contribution in [2.24, 2.45) is 0 Å². The van der Waals surface area contributed by atoms with Crippen LogP contribution in [0.3, 0.4) is 0 Å². The maximum atomic E-state index is 10.6. The summed E-state index contributed by atoms with van der Waals surface area (Å²) in [6, 6.07) is 0. The summed E-state index contributed by atoms with van der Waals surface area (Å²) in [5.41, 5.74) is 0. The third kappa shape index (κ3) is 6.02. The SMILES string of the molecule is O=C(O)C(O)C(OO)C(O)C(O)C(O)C(O)C(O)C(O)C(O)C(O)CO. The zero-order valence-corrected chi connectivity index (χ0v) is 13.2. The van der Waals surface area contributed by atoms with Crippen molar-refractivity contribution in [2.75, 3.05) is 6.61 Å². The Morgan fingerprint density at radius 1 is 0.692 bits per heavy atom. The Kier molecular flexibility index (Phi) is 10.5. The Balaban J connectivity index is 5.13. The molecule has 0 fully saturated rings. The highest BCUT2D eigenvalue weighted by Crippen LogP contribution is 2.17. The number of aliphatic hydroxyl groups is 10. The van der Waals surface area contributed by atoms with Crippen molar-refractivity contribution >= 4 is 5.97 Å². The largest absolute Gasteiger partial charge is 0.479 e. The molecule has 0 saturated heterocycles. The van der Waals surface area contributed by atoms with E-state index >= 15 is 0 Å². The van der Waals surface area contributed by atoms with E-state index in [0.717, 1.165) is 0 Å². The van der Waals surface area contributed by atoms with Crippen LogP contribution in [0.2, 0.25) is 0 Å². The minimum Gasteiger partial charge on any atom is -0.479 e. The molecule has 0 spiro atoms. The van der Waals surface area contributed by atoms with Gasteiger partial charge in [0.2, 0.25) is 0 Å². The van der Waals surface area contributed by atoms with Crippen LogP contribution in [-0.2, 0) is 9.68 Å². The van der Waals surface area contributed by atoms with Crippen LogP contribution in [0, 0.1) is 0 Å². The number of hydrogen-bond donors (Lipinski definition) is 12. The third-order valence-corrected chi connectivity index (χ3v) is 3.70. The average Bonchev–Trinajstić information content (AvgIpc) is 2.63. The first-order chi connectivity index (χ1) is 11.9. The highest BCUT2D eigenvalue weighted by Gasteiger charge is 2.45. The molecule has 0 aliphatic heterocycles. The van der Waals surface area contributed by atoms with Crippen molar-refractivity contribution in [3.05, 3.63) is 0 Å². The molecule has 0 aliphatic rings. The topological polar surface area (TPSA) is 269 Å². The molecular formula is C12H24O14. The van der Waals surface area contributed by atoms with Gasteiger partial charge in [-0.3, -0.25) is 5.26 Å². The average molecular weight is 392 g/mol. The number of carbonyl (C=O) groups is 1. The predicted octanol–water partition coefficient (Wildman–Crippen LogP) is -6.83. The number of aliphatic hydroxyl groups excluding tert-OH is 10. The molecule has 0 aromatic rings. The van der Waals surface area contributed by atoms with Crippen molar-refractivity contribution in [1.82, 2.24) is 0 Å². The molecule has 0 rings (SSSR count). The second kappa shape index (κ2) is 11.0. The van der Waals surface area contributed by atoms with Gasteiger partial charge in [0.1, 0.15) is 48.8 Å². The van der Waals surface area contributed by atoms with E-state index < -0.39 is 73.6 Å². The standard InChI is InChI=1S/C12H24O14/c13-1-2(14)3(15)4(16)5(17)6(18)7(19)8(20)9(21)11(26-25)10(22)12(23)24/h2-11,13-22,25H,1H2,(H,23,24). The summed E-state index contributed by atoms with van der Waals surface area (Å²) in [5, 5.41) is 112. The van der Waals surface area contributed by atoms with Crippen LogP contribution in [0.15, 0.2) is 0 Å². The molecule has 0 saturated carbocycles. The van der Waals surface area contributed by atoms with Crippen LogP contribution in [0.25, 0.3) is 0 Å². The molecule has 10 atom stereocenters. The Hall–Kier alpha value is -1.01. The fourth-order valence-corrected chi connectivity index (χ4v) is 1.99. The fourth-order valence-electron chi connectivity index (χ4n) is 1.99. The Labute approximate surface area is 145 Å². The lowest BCUT2D eigenvalue weighted by Crippen LogP contribution is -2.59. The smallest absolute Gasteiger partial charge is 0.335 e. The maximum absolute atomic E-state index is 10.6. The lowest BCUT2D eigenvalue weighted by Gasteiger charge is -2.34. The quantitative estimate of drug-likeness (QED) is 0.109. The molecule has 10 unspecified atom stereocenters. The molecular weight excluding hydrogens is 368 g/mol. The molecule has 0 aliphatic carbocycles. The van der Waals surface area contributed by atoms with Crippen molar-refractivity contribution in [1.29, 1.82) is 0 Å². The van der Waals surface area contributed by atoms with Gasteiger partial charge in [-0.2, -0.15) is 0 Å². The van der Waals surface area contributed by atoms with E-state index in [1.807, 2.05) is 0 Å². The molecule has 0 aromatic carbocycles. The van der Waals surface area contributed by atoms with E-state index in [1.165, 1.54) is 0 Å². The van der Waals surface area contributed by atoms with Crippen LogP contribution < -0.4 is 0 Å². The molecule has 156 valence electrons. The van der Waals surface area contributed by atoms with Crippen LogP contribution in [0.4, 0.5) is 0 Å². The Bertz CT molecular complexity index is 421. The third-order valence-electron chi connectivity index (χ3n) is 3.70. The molecule has 0 radical (unpaired) electrons. The van der Waals surface area contributed by atoms with Gasteiger partial charge in [0, 0.05) is 0 Å². The molecule has 12 N–H and O–H groups in total. The van der Waals surface area contributed by atoms with Crippen molar-refractivity contribution in [3.63, 3.8) is 0 Å². The lowest BCUT2D eigenvalue weighted by atomic mass is 9.91. The van der Waals surface area contributed by atoms with Gasteiger partial charge in [-0.15, -0.1) is 0 Å². The van der Waals surface area contributed by atoms with Crippen LogP contribution in [0.1, 0.15) is 0 Å². The maximum Gasteiger partial charge on any atom is 0.335 e. The minimum atomic E-state index is -2.55. The lowest BCUT2D eigenvalue weighted by molar-refractivity contribution is -0.323. The summed E-state index contributed by atoms with van der Waals surface area (Å²) >= 11 is 0. The summed E-state index contributed by atoms with van der Waals surface area (Å²) in [7, 11) is 0. The Morgan fingerprint density at radius 2 is 1.04 bits per heavy atom. The van der Waals surface area contributed by atoms with E-state index in [-0.39, 0.29) is 0 Å². The normalized spacial score (nSPS) is 23.8. The Morgan fingerprint density at radius 3 is 1.35 bits per heavy atom. The van der Waals surface area contributed by atoms with E-state index in [0.29, 0.717) is 0 Å². The van der Waals surface area contributed by atoms with Gasteiger partial charge >= 0.3 is 5.97 Å². The number of hydrogen-bond acceptors (Lipinski definition) is 13. The summed E-state index contributed by atoms with van der Waals surface area (Å²) in [5.74, 6) is -1.97. The first kappa shape index (κ1) is 25.0. The van der Waals surface area contributed by atoms with Gasteiger partial charge < -0.3 is 56.2 Å². The molecule has 0 aromatic heterocycles. The van der Waals surface area contributed by atoms with Gasteiger partial charge in [0.25, 0.3) is 0 Å². The summed E-state index contributed by atoms with van der Waals surface area (Å²) in [4.78, 5) is 14.1. The number of aliphatic carboxylic acids is 1. The van der Waals surface area contributed by atoms with Crippen LogP contribution in [-0.4, -0.2) is 135 Å². The number of rotatable bonds is 12. The van der Waals surface area contributed by atoms with E-state index in [4.69, 9.17) is 20.6 Å². The zero-order chi connectivity index (χ0) is 20.8. The molecule has 14 nitrogen and oxygen atoms in total. The molecule has 26 heavy (non-hydrogen) atoms. The molecule has 14 heteroatoms. The van der Waals surface area contributed by atoms with Crippen LogP contribution in [0.5, 0.6) is 0 Å². The van der Waals surface area contributed by atoms with Crippen molar-refractivity contribution in [3.8, 4) is 0 Å². The minimum absolute atomic E-state index is 1.02. The van der Waals surface area contributed by atoms with Gasteiger partial charge in [0.05, 0.1) is 6.61 Å². The van der Waals surface area contributed by atoms with E-state index in [2.05, 4.69) is 4.89 Å². The monoisotopic (exact) mass is 392 g/mol. The summed E-state index contributed by atoms with van der Waals surface area (Å²) in [6.45, 7) is -1.02. The number of carboxylic acid groups (broad SMARTS) is 1. The van der Waals surface area contributed by atoms with Gasteiger partial charge in [-0.05, 0) is 0 Å². The first-order valence-corrected chi connectivity index (χ1v) is 7.18. The van der Waals surface area contributed by atoms with Gasteiger partial charge in [-0.1, -0.05) is 0 Å². The predicted molar refractivity (Wildman–Crippen MR) is 76.3 cm³/mol. The second-order valence-corrected chi connectivity index (χ2v) is 5.54. The fraction of sp³-hybridized carbons (Fsp3) is 0.917. The zero-order valence-electron chi connectivity index (χ0n) is 13.2. The second-order valence-electron chi connectivity index (χ2n) is 5.54. The highest BCUT2D eigenvalue weighted by molar-refractivity contribution is 5.72. The van der Waals surface area contributed by atoms with Gasteiger partial charge in [0.15, 0.2) is 12.2 Å². The van der Waals surface area contributed by atoms with Crippen LogP contribution >= 0.6 is 0 Å². The highest BCUT2D eigenvalue weighted by atomic mass is 17.1. The molecule has 0 heterocycles. The van der Waals surface area contributed by atoms with Crippen molar-refractivity contribution in [2.45, 2.75) is 61.0 Å². The van der Waals surface area contributed by atoms with Crippen molar-refractivity contribution < 1.29 is 71.1 Å². The summed E-state index contributed by atoms with van der Waals surface area (Å²) in [6.07, 6.45) is -23.7. The number of carboxylic acids is 1. The van der Waals surface area contributed by atoms with Gasteiger partial charge in [-0.25, -0.2) is 9.68 Å². The van der Waals surface area contributed by atoms with E-state index in [1.54, 1.807) is 0 Å².